The van der Waals surface area contributed by atoms with Crippen molar-refractivity contribution in [1.29, 1.82) is 0 Å². The predicted octanol–water partition coefficient (Wildman–Crippen LogP) is 4.02. The van der Waals surface area contributed by atoms with Crippen LogP contribution in [0, 0.1) is 5.82 Å². The first-order chi connectivity index (χ1) is 15.3. The predicted molar refractivity (Wildman–Crippen MR) is 105 cm³/mol. The van der Waals surface area contributed by atoms with Crippen molar-refractivity contribution in [2.45, 2.75) is 31.6 Å². The third kappa shape index (κ3) is 3.59. The number of alkyl halides is 3. The number of hydrogen-bond acceptors (Lipinski definition) is 4. The fraction of sp³-hybridized carbons (Fsp3) is 0.238. The molecule has 0 aromatic carbocycles. The van der Waals surface area contributed by atoms with Gasteiger partial charge in [-0.3, -0.25) is 14.5 Å². The van der Waals surface area contributed by atoms with E-state index in [1.165, 1.54) is 35.1 Å². The van der Waals surface area contributed by atoms with Crippen molar-refractivity contribution < 1.29 is 22.4 Å². The number of nitrogens with zero attached hydrogens (tertiary/aromatic N) is 5. The van der Waals surface area contributed by atoms with E-state index in [1.54, 1.807) is 10.7 Å². The standard InChI is InChI=1S/C21H16F4N6O/c22-13-3-4-17-14(10-27-31(17)11-13)20(32)28-15-2-1-7-30-18(15)9-16(29-30)12-5-6-26-19(8-12)21(23,24)25/h3-6,8-11,15H,1-2,7H2,(H,28,32)/t15-/m1/s1. The fourth-order valence-electron chi connectivity index (χ4n) is 3.89. The van der Waals surface area contributed by atoms with Crippen LogP contribution in [0.2, 0.25) is 0 Å². The van der Waals surface area contributed by atoms with Gasteiger partial charge in [-0.15, -0.1) is 0 Å². The highest BCUT2D eigenvalue weighted by molar-refractivity contribution is 6.00. The van der Waals surface area contributed by atoms with Crippen LogP contribution in [0.5, 0.6) is 0 Å². The highest BCUT2D eigenvalue weighted by atomic mass is 19.4. The lowest BCUT2D eigenvalue weighted by Gasteiger charge is -2.24. The summed E-state index contributed by atoms with van der Waals surface area (Å²) in [6.45, 7) is 0.592. The fourth-order valence-corrected chi connectivity index (χ4v) is 3.89. The third-order valence-electron chi connectivity index (χ3n) is 5.41. The molecule has 0 radical (unpaired) electrons. The average Bonchev–Trinajstić information content (AvgIpc) is 3.38. The molecule has 32 heavy (non-hydrogen) atoms. The van der Waals surface area contributed by atoms with Gasteiger partial charge >= 0.3 is 6.18 Å². The molecular formula is C21H16F4N6O. The number of halogens is 4. The van der Waals surface area contributed by atoms with Crippen LogP contribution in [-0.2, 0) is 12.7 Å². The molecule has 7 nitrogen and oxygen atoms in total. The SMILES string of the molecule is O=C(N[C@@H]1CCCn2nc(-c3ccnc(C(F)(F)F)c3)cc21)c1cnn2cc(F)ccc12. The Bertz CT molecular complexity index is 1330. The quantitative estimate of drug-likeness (QED) is 0.485. The third-order valence-corrected chi connectivity index (χ3v) is 5.41. The summed E-state index contributed by atoms with van der Waals surface area (Å²) in [6.07, 6.45) is 0.480. The second-order valence-electron chi connectivity index (χ2n) is 7.51. The zero-order valence-corrected chi connectivity index (χ0v) is 16.5. The molecule has 0 spiro atoms. The molecule has 0 unspecified atom stereocenters. The van der Waals surface area contributed by atoms with E-state index in [1.807, 2.05) is 0 Å². The van der Waals surface area contributed by atoms with Crippen LogP contribution in [0.3, 0.4) is 0 Å². The molecule has 0 aliphatic carbocycles. The maximum absolute atomic E-state index is 13.4. The molecule has 1 aliphatic rings. The number of fused-ring (bicyclic) bond motifs is 2. The molecule has 4 aromatic rings. The van der Waals surface area contributed by atoms with Gasteiger partial charge in [0.15, 0.2) is 0 Å². The normalized spacial score (nSPS) is 16.2. The van der Waals surface area contributed by atoms with E-state index in [0.717, 1.165) is 18.7 Å². The summed E-state index contributed by atoms with van der Waals surface area (Å²) in [5.74, 6) is -0.850. The van der Waals surface area contributed by atoms with Gasteiger partial charge in [-0.05, 0) is 43.2 Å². The van der Waals surface area contributed by atoms with Crippen LogP contribution in [0.15, 0.2) is 48.9 Å². The number of nitrogens with one attached hydrogen (secondary N) is 1. The number of aromatic nitrogens is 5. The van der Waals surface area contributed by atoms with Gasteiger partial charge in [0.2, 0.25) is 0 Å². The van der Waals surface area contributed by atoms with Crippen molar-refractivity contribution in [1.82, 2.24) is 29.7 Å². The van der Waals surface area contributed by atoms with Crippen LogP contribution < -0.4 is 5.32 Å². The van der Waals surface area contributed by atoms with Gasteiger partial charge in [-0.2, -0.15) is 23.4 Å². The smallest absolute Gasteiger partial charge is 0.344 e. The van der Waals surface area contributed by atoms with Crippen molar-refractivity contribution in [3.05, 3.63) is 71.7 Å². The second-order valence-corrected chi connectivity index (χ2v) is 7.51. The minimum Gasteiger partial charge on any atom is -0.344 e. The minimum atomic E-state index is -4.55. The van der Waals surface area contributed by atoms with E-state index >= 15 is 0 Å². The summed E-state index contributed by atoms with van der Waals surface area (Å²) in [5, 5.41) is 11.4. The molecule has 1 amide bonds. The van der Waals surface area contributed by atoms with E-state index in [4.69, 9.17) is 0 Å². The van der Waals surface area contributed by atoms with Gasteiger partial charge in [0.1, 0.15) is 11.5 Å². The lowest BCUT2D eigenvalue weighted by molar-refractivity contribution is -0.141. The van der Waals surface area contributed by atoms with Crippen molar-refractivity contribution in [2.75, 3.05) is 0 Å². The Balaban J connectivity index is 1.43. The first-order valence-electron chi connectivity index (χ1n) is 9.85. The summed E-state index contributed by atoms with van der Waals surface area (Å²) in [5.41, 5.74) is 1.14. The second kappa shape index (κ2) is 7.43. The van der Waals surface area contributed by atoms with Gasteiger partial charge in [0.05, 0.1) is 40.9 Å². The first-order valence-corrected chi connectivity index (χ1v) is 9.85. The summed E-state index contributed by atoms with van der Waals surface area (Å²) in [6, 6.07) is 6.46. The Hall–Kier alpha value is -3.76. The summed E-state index contributed by atoms with van der Waals surface area (Å²) in [7, 11) is 0. The number of amides is 1. The molecule has 1 N–H and O–H groups in total. The number of carbonyl (C=O) groups excluding carboxylic acids is 1. The summed E-state index contributed by atoms with van der Waals surface area (Å²) >= 11 is 0. The van der Waals surface area contributed by atoms with Gasteiger partial charge in [0.25, 0.3) is 5.91 Å². The molecule has 0 saturated heterocycles. The molecule has 4 aromatic heterocycles. The number of aryl methyl sites for hydroxylation is 1. The van der Waals surface area contributed by atoms with Crippen molar-refractivity contribution in [3.63, 3.8) is 0 Å². The van der Waals surface area contributed by atoms with Gasteiger partial charge in [-0.25, -0.2) is 8.91 Å². The van der Waals surface area contributed by atoms with Gasteiger partial charge in [-0.1, -0.05) is 0 Å². The Morgan fingerprint density at radius 2 is 2.03 bits per heavy atom. The number of carbonyl (C=O) groups is 1. The van der Waals surface area contributed by atoms with Gasteiger partial charge in [0, 0.05) is 18.3 Å². The first kappa shape index (κ1) is 20.2. The number of hydrogen-bond donors (Lipinski definition) is 1. The molecular weight excluding hydrogens is 428 g/mol. The number of rotatable bonds is 3. The van der Waals surface area contributed by atoms with E-state index in [9.17, 15) is 22.4 Å². The molecule has 1 atom stereocenters. The van der Waals surface area contributed by atoms with E-state index in [-0.39, 0.29) is 11.9 Å². The Morgan fingerprint density at radius 1 is 1.19 bits per heavy atom. The molecule has 164 valence electrons. The number of pyridine rings is 2. The van der Waals surface area contributed by atoms with Crippen LogP contribution >= 0.6 is 0 Å². The van der Waals surface area contributed by atoms with Gasteiger partial charge < -0.3 is 5.32 Å². The monoisotopic (exact) mass is 444 g/mol. The van der Waals surface area contributed by atoms with Crippen LogP contribution in [0.25, 0.3) is 16.8 Å². The zero-order chi connectivity index (χ0) is 22.5. The molecule has 0 fully saturated rings. The molecule has 5 rings (SSSR count). The van der Waals surface area contributed by atoms with Crippen molar-refractivity contribution >= 4 is 11.4 Å². The minimum absolute atomic E-state index is 0.295. The van der Waals surface area contributed by atoms with Crippen LogP contribution in [0.1, 0.15) is 40.6 Å². The van der Waals surface area contributed by atoms with Crippen molar-refractivity contribution in [3.8, 4) is 11.3 Å². The highest BCUT2D eigenvalue weighted by Crippen LogP contribution is 2.33. The summed E-state index contributed by atoms with van der Waals surface area (Å²) < 4.78 is 55.4. The molecule has 1 aliphatic heterocycles. The van der Waals surface area contributed by atoms with E-state index in [2.05, 4.69) is 20.5 Å². The lowest BCUT2D eigenvalue weighted by Crippen LogP contribution is -2.32. The molecule has 0 bridgehead atoms. The highest BCUT2D eigenvalue weighted by Gasteiger charge is 2.33. The maximum Gasteiger partial charge on any atom is 0.433 e. The molecule has 5 heterocycles. The maximum atomic E-state index is 13.4. The molecule has 0 saturated carbocycles. The average molecular weight is 444 g/mol. The van der Waals surface area contributed by atoms with Crippen molar-refractivity contribution in [2.24, 2.45) is 0 Å². The Labute approximate surface area is 178 Å². The lowest BCUT2D eigenvalue weighted by atomic mass is 10.0. The zero-order valence-electron chi connectivity index (χ0n) is 16.5. The molecule has 11 heteroatoms. The van der Waals surface area contributed by atoms with Crippen LogP contribution in [0.4, 0.5) is 17.6 Å². The topological polar surface area (TPSA) is 77.1 Å². The Kier molecular flexibility index (Phi) is 4.68. The Morgan fingerprint density at radius 3 is 2.84 bits per heavy atom. The van der Waals surface area contributed by atoms with E-state index in [0.29, 0.717) is 41.0 Å². The van der Waals surface area contributed by atoms with Crippen LogP contribution in [-0.4, -0.2) is 30.3 Å². The van der Waals surface area contributed by atoms with E-state index < -0.39 is 17.7 Å². The largest absolute Gasteiger partial charge is 0.433 e. The summed E-state index contributed by atoms with van der Waals surface area (Å²) in [4.78, 5) is 16.3.